The number of carbonyl (C=O) groups excluding carboxylic acids is 1. The summed E-state index contributed by atoms with van der Waals surface area (Å²) in [5.74, 6) is 1.09. The molecule has 0 saturated carbocycles. The van der Waals surface area contributed by atoms with Crippen LogP contribution in [0.2, 0.25) is 0 Å². The predicted octanol–water partition coefficient (Wildman–Crippen LogP) is 6.66. The molecule has 4 heteroatoms. The third-order valence-electron chi connectivity index (χ3n) is 5.81. The lowest BCUT2D eigenvalue weighted by molar-refractivity contribution is 0.0600. The Morgan fingerprint density at radius 2 is 1.86 bits per heavy atom. The Kier molecular flexibility index (Phi) is 6.38. The second-order valence-corrected chi connectivity index (χ2v) is 8.76. The van der Waals surface area contributed by atoms with E-state index in [1.807, 2.05) is 31.2 Å². The van der Waals surface area contributed by atoms with E-state index in [1.165, 1.54) is 18.3 Å². The minimum absolute atomic E-state index is 0.277. The normalized spacial score (nSPS) is 15.9. The van der Waals surface area contributed by atoms with Crippen molar-refractivity contribution >= 4 is 23.1 Å². The summed E-state index contributed by atoms with van der Waals surface area (Å²) in [5.41, 5.74) is 7.78. The zero-order valence-corrected chi connectivity index (χ0v) is 18.7. The largest absolute Gasteiger partial charge is 0.496 e. The molecule has 1 aliphatic rings. The maximum absolute atomic E-state index is 11.8. The monoisotopic (exact) mass is 412 g/mol. The van der Waals surface area contributed by atoms with Gasteiger partial charge in [0, 0.05) is 11.4 Å². The lowest BCUT2D eigenvalue weighted by Crippen LogP contribution is -2.19. The molecule has 0 heterocycles. The van der Waals surface area contributed by atoms with Gasteiger partial charge in [-0.3, -0.25) is 0 Å². The summed E-state index contributed by atoms with van der Waals surface area (Å²) in [6, 6.07) is 11.9. The van der Waals surface area contributed by atoms with E-state index in [0.29, 0.717) is 11.4 Å². The fourth-order valence-corrected chi connectivity index (χ4v) is 4.47. The number of hydrogen-bond acceptors (Lipinski definition) is 3. The third-order valence-corrected chi connectivity index (χ3v) is 6.14. The van der Waals surface area contributed by atoms with Crippen molar-refractivity contribution in [1.29, 1.82) is 0 Å². The van der Waals surface area contributed by atoms with Gasteiger partial charge in [-0.1, -0.05) is 31.6 Å². The highest BCUT2D eigenvalue weighted by atomic mass is 35.5. The molecule has 0 radical (unpaired) electrons. The Bertz CT molecular complexity index is 957. The first-order chi connectivity index (χ1) is 13.8. The van der Waals surface area contributed by atoms with Crippen molar-refractivity contribution in [3.05, 3.63) is 58.7 Å². The number of esters is 1. The molecule has 0 aromatic heterocycles. The van der Waals surface area contributed by atoms with Crippen molar-refractivity contribution in [2.24, 2.45) is 5.41 Å². The summed E-state index contributed by atoms with van der Waals surface area (Å²) in [4.78, 5) is 11.8. The molecule has 0 aliphatic heterocycles. The number of allylic oxidation sites excluding steroid dienone is 2. The van der Waals surface area contributed by atoms with E-state index in [0.717, 1.165) is 47.3 Å². The Morgan fingerprint density at radius 1 is 1.10 bits per heavy atom. The number of hydrogen-bond donors (Lipinski definition) is 0. The number of halogens is 1. The first-order valence-corrected chi connectivity index (χ1v) is 10.5. The van der Waals surface area contributed by atoms with E-state index >= 15 is 0 Å². The van der Waals surface area contributed by atoms with Crippen LogP contribution in [0.4, 0.5) is 0 Å². The molecule has 0 fully saturated rings. The van der Waals surface area contributed by atoms with Gasteiger partial charge >= 0.3 is 5.97 Å². The van der Waals surface area contributed by atoms with Crippen LogP contribution in [0.5, 0.6) is 5.75 Å². The number of ether oxygens (including phenoxy) is 2. The van der Waals surface area contributed by atoms with Gasteiger partial charge in [0.2, 0.25) is 0 Å². The third kappa shape index (κ3) is 4.51. The van der Waals surface area contributed by atoms with Crippen LogP contribution in [0.3, 0.4) is 0 Å². The number of aryl methyl sites for hydroxylation is 1. The van der Waals surface area contributed by atoms with Crippen LogP contribution in [-0.4, -0.2) is 26.1 Å². The van der Waals surface area contributed by atoms with Crippen LogP contribution in [0.25, 0.3) is 16.7 Å². The molecule has 3 rings (SSSR count). The van der Waals surface area contributed by atoms with Gasteiger partial charge in [0.1, 0.15) is 5.75 Å². The summed E-state index contributed by atoms with van der Waals surface area (Å²) in [6.45, 7) is 6.62. The quantitative estimate of drug-likeness (QED) is 0.407. The standard InChI is InChI=1S/C25H29ClO3/c1-16-12-18(24(27)29-5)6-8-20(16)17-7-9-23(28-4)22(13-17)21-10-11-25(2,3)14-19(21)15-26/h6-9,12-13H,10-11,14-15H2,1-5H3. The SMILES string of the molecule is COC(=O)c1ccc(-c2ccc(OC)c(C3=C(CCl)CC(C)(C)CC3)c2)c(C)c1. The summed E-state index contributed by atoms with van der Waals surface area (Å²) in [6.07, 6.45) is 3.13. The van der Waals surface area contributed by atoms with Crippen molar-refractivity contribution < 1.29 is 14.3 Å². The highest BCUT2D eigenvalue weighted by Crippen LogP contribution is 2.45. The lowest BCUT2D eigenvalue weighted by atomic mass is 9.73. The van der Waals surface area contributed by atoms with Crippen LogP contribution in [0, 0.1) is 12.3 Å². The van der Waals surface area contributed by atoms with E-state index in [1.54, 1.807) is 7.11 Å². The molecule has 0 atom stereocenters. The predicted molar refractivity (Wildman–Crippen MR) is 120 cm³/mol. The highest BCUT2D eigenvalue weighted by molar-refractivity contribution is 6.20. The fourth-order valence-electron chi connectivity index (χ4n) is 4.21. The van der Waals surface area contributed by atoms with Crippen molar-refractivity contribution in [2.75, 3.05) is 20.1 Å². The second-order valence-electron chi connectivity index (χ2n) is 8.49. The molecule has 29 heavy (non-hydrogen) atoms. The number of methoxy groups -OCH3 is 2. The molecule has 1 aliphatic carbocycles. The van der Waals surface area contributed by atoms with Crippen LogP contribution in [0.1, 0.15) is 54.6 Å². The number of alkyl halides is 1. The molecule has 2 aromatic rings. The van der Waals surface area contributed by atoms with Crippen molar-refractivity contribution in [3.8, 4) is 16.9 Å². The first-order valence-electron chi connectivity index (χ1n) is 9.94. The van der Waals surface area contributed by atoms with Crippen LogP contribution in [0.15, 0.2) is 42.0 Å². The molecular weight excluding hydrogens is 384 g/mol. The van der Waals surface area contributed by atoms with Crippen LogP contribution in [-0.2, 0) is 4.74 Å². The Labute approximate surface area is 178 Å². The van der Waals surface area contributed by atoms with Crippen molar-refractivity contribution in [1.82, 2.24) is 0 Å². The summed E-state index contributed by atoms with van der Waals surface area (Å²) >= 11 is 6.35. The Morgan fingerprint density at radius 3 is 2.48 bits per heavy atom. The van der Waals surface area contributed by atoms with Gasteiger partial charge in [0.05, 0.1) is 19.8 Å². The van der Waals surface area contributed by atoms with Crippen LogP contribution >= 0.6 is 11.6 Å². The number of rotatable bonds is 5. The molecule has 0 bridgehead atoms. The van der Waals surface area contributed by atoms with Crippen LogP contribution < -0.4 is 4.74 Å². The lowest BCUT2D eigenvalue weighted by Gasteiger charge is -2.33. The molecule has 154 valence electrons. The van der Waals surface area contributed by atoms with Gasteiger partial charge in [0.25, 0.3) is 0 Å². The molecule has 3 nitrogen and oxygen atoms in total. The average Bonchev–Trinajstić information content (AvgIpc) is 2.72. The number of carbonyl (C=O) groups is 1. The van der Waals surface area contributed by atoms with E-state index in [4.69, 9.17) is 21.1 Å². The molecule has 0 amide bonds. The highest BCUT2D eigenvalue weighted by Gasteiger charge is 2.28. The van der Waals surface area contributed by atoms with Gasteiger partial charge in [-0.2, -0.15) is 0 Å². The van der Waals surface area contributed by atoms with Gasteiger partial charge < -0.3 is 9.47 Å². The molecule has 0 N–H and O–H groups in total. The summed E-state index contributed by atoms with van der Waals surface area (Å²) < 4.78 is 10.5. The molecule has 2 aromatic carbocycles. The number of benzene rings is 2. The topological polar surface area (TPSA) is 35.5 Å². The van der Waals surface area contributed by atoms with E-state index in [9.17, 15) is 4.79 Å². The maximum atomic E-state index is 11.8. The molecule has 0 saturated heterocycles. The zero-order chi connectivity index (χ0) is 21.2. The Balaban J connectivity index is 2.09. The smallest absolute Gasteiger partial charge is 0.337 e. The average molecular weight is 413 g/mol. The second kappa shape index (κ2) is 8.62. The van der Waals surface area contributed by atoms with E-state index in [-0.39, 0.29) is 11.4 Å². The molecule has 0 spiro atoms. The van der Waals surface area contributed by atoms with E-state index in [2.05, 4.69) is 26.0 Å². The molecular formula is C25H29ClO3. The Hall–Kier alpha value is -2.26. The zero-order valence-electron chi connectivity index (χ0n) is 17.9. The minimum atomic E-state index is -0.322. The summed E-state index contributed by atoms with van der Waals surface area (Å²) in [7, 11) is 3.11. The van der Waals surface area contributed by atoms with Crippen molar-refractivity contribution in [3.63, 3.8) is 0 Å². The minimum Gasteiger partial charge on any atom is -0.496 e. The van der Waals surface area contributed by atoms with Crippen molar-refractivity contribution in [2.45, 2.75) is 40.0 Å². The van der Waals surface area contributed by atoms with Gasteiger partial charge in [0.15, 0.2) is 0 Å². The van der Waals surface area contributed by atoms with Gasteiger partial charge in [-0.25, -0.2) is 4.79 Å². The summed E-state index contributed by atoms with van der Waals surface area (Å²) in [5, 5.41) is 0. The van der Waals surface area contributed by atoms with Gasteiger partial charge in [-0.05, 0) is 78.1 Å². The fraction of sp³-hybridized carbons (Fsp3) is 0.400. The maximum Gasteiger partial charge on any atom is 0.337 e. The first kappa shape index (κ1) is 21.4. The van der Waals surface area contributed by atoms with E-state index < -0.39 is 0 Å². The van der Waals surface area contributed by atoms with Gasteiger partial charge in [-0.15, -0.1) is 11.6 Å². The molecule has 0 unspecified atom stereocenters.